The van der Waals surface area contributed by atoms with Crippen LogP contribution in [0.2, 0.25) is 5.02 Å². The van der Waals surface area contributed by atoms with Gasteiger partial charge < -0.3 is 5.32 Å². The highest BCUT2D eigenvalue weighted by Gasteiger charge is 2.16. The Kier molecular flexibility index (Phi) is 5.85. The van der Waals surface area contributed by atoms with Gasteiger partial charge in [0.1, 0.15) is 0 Å². The minimum atomic E-state index is -3.75. The third kappa shape index (κ3) is 4.49. The first kappa shape index (κ1) is 18.3. The highest BCUT2D eigenvalue weighted by molar-refractivity contribution is 7.92. The van der Waals surface area contributed by atoms with Gasteiger partial charge in [-0.25, -0.2) is 8.42 Å². The fourth-order valence-corrected chi connectivity index (χ4v) is 3.28. The van der Waals surface area contributed by atoms with E-state index in [2.05, 4.69) is 10.0 Å². The van der Waals surface area contributed by atoms with E-state index in [1.165, 1.54) is 30.3 Å². The van der Waals surface area contributed by atoms with Crippen LogP contribution in [0.5, 0.6) is 0 Å². The number of anilines is 1. The van der Waals surface area contributed by atoms with Gasteiger partial charge in [0.25, 0.3) is 15.9 Å². The minimum Gasteiger partial charge on any atom is -0.352 e. The van der Waals surface area contributed by atoms with E-state index >= 15 is 0 Å². The molecule has 2 N–H and O–H groups in total. The molecular weight excluding hydrogens is 348 g/mol. The van der Waals surface area contributed by atoms with Gasteiger partial charge in [0.15, 0.2) is 0 Å². The van der Waals surface area contributed by atoms with Gasteiger partial charge in [-0.2, -0.15) is 0 Å². The summed E-state index contributed by atoms with van der Waals surface area (Å²) in [7, 11) is -3.75. The lowest BCUT2D eigenvalue weighted by molar-refractivity contribution is 0.0953. The SMILES string of the molecule is CCCNC(=O)c1ccc(C)c(NS(=O)(=O)c2ccc(Cl)cc2)c1. The van der Waals surface area contributed by atoms with Gasteiger partial charge in [0.2, 0.25) is 0 Å². The number of amides is 1. The molecule has 0 aliphatic carbocycles. The average Bonchev–Trinajstić information content (AvgIpc) is 2.55. The minimum absolute atomic E-state index is 0.104. The molecule has 0 bridgehead atoms. The predicted molar refractivity (Wildman–Crippen MR) is 96.1 cm³/mol. The van der Waals surface area contributed by atoms with Crippen LogP contribution in [0.4, 0.5) is 5.69 Å². The van der Waals surface area contributed by atoms with Gasteiger partial charge in [-0.1, -0.05) is 24.6 Å². The van der Waals surface area contributed by atoms with E-state index in [-0.39, 0.29) is 10.8 Å². The van der Waals surface area contributed by atoms with Crippen molar-refractivity contribution in [2.75, 3.05) is 11.3 Å². The van der Waals surface area contributed by atoms with Crippen molar-refractivity contribution in [3.63, 3.8) is 0 Å². The van der Waals surface area contributed by atoms with Crippen LogP contribution in [0, 0.1) is 6.92 Å². The zero-order chi connectivity index (χ0) is 17.7. The molecule has 2 aromatic carbocycles. The molecule has 128 valence electrons. The number of hydrogen-bond acceptors (Lipinski definition) is 3. The molecule has 0 heterocycles. The molecule has 0 aliphatic heterocycles. The summed E-state index contributed by atoms with van der Waals surface area (Å²) in [4.78, 5) is 12.1. The number of aryl methyl sites for hydroxylation is 1. The third-order valence-corrected chi connectivity index (χ3v) is 5.04. The lowest BCUT2D eigenvalue weighted by Gasteiger charge is -2.12. The Bertz CT molecular complexity index is 833. The van der Waals surface area contributed by atoms with Crippen LogP contribution in [0.3, 0.4) is 0 Å². The van der Waals surface area contributed by atoms with Gasteiger partial charge in [-0.3, -0.25) is 9.52 Å². The molecule has 0 unspecified atom stereocenters. The number of carbonyl (C=O) groups is 1. The number of rotatable bonds is 6. The van der Waals surface area contributed by atoms with Gasteiger partial charge in [0, 0.05) is 17.1 Å². The molecule has 0 saturated carbocycles. The molecule has 2 rings (SSSR count). The van der Waals surface area contributed by atoms with Crippen molar-refractivity contribution in [2.24, 2.45) is 0 Å². The Morgan fingerprint density at radius 2 is 1.79 bits per heavy atom. The van der Waals surface area contributed by atoms with Crippen LogP contribution in [-0.4, -0.2) is 20.9 Å². The first-order valence-electron chi connectivity index (χ1n) is 7.50. The topological polar surface area (TPSA) is 75.3 Å². The fraction of sp³-hybridized carbons (Fsp3) is 0.235. The molecule has 0 saturated heterocycles. The quantitative estimate of drug-likeness (QED) is 0.820. The smallest absolute Gasteiger partial charge is 0.261 e. The number of benzene rings is 2. The molecule has 0 radical (unpaired) electrons. The van der Waals surface area contributed by atoms with Crippen LogP contribution in [0.25, 0.3) is 0 Å². The largest absolute Gasteiger partial charge is 0.352 e. The second-order valence-electron chi connectivity index (χ2n) is 5.35. The van der Waals surface area contributed by atoms with Crippen LogP contribution in [-0.2, 0) is 10.0 Å². The van der Waals surface area contributed by atoms with Crippen molar-refractivity contribution in [2.45, 2.75) is 25.2 Å². The predicted octanol–water partition coefficient (Wildman–Crippen LogP) is 3.59. The Morgan fingerprint density at radius 1 is 1.12 bits per heavy atom. The van der Waals surface area contributed by atoms with E-state index in [1.807, 2.05) is 6.92 Å². The van der Waals surface area contributed by atoms with Gasteiger partial charge in [-0.05, 0) is 55.3 Å². The maximum atomic E-state index is 12.5. The summed E-state index contributed by atoms with van der Waals surface area (Å²) in [5.74, 6) is -0.233. The maximum Gasteiger partial charge on any atom is 0.261 e. The van der Waals surface area contributed by atoms with E-state index < -0.39 is 10.0 Å². The number of nitrogens with one attached hydrogen (secondary N) is 2. The molecule has 0 aromatic heterocycles. The van der Waals surface area contributed by atoms with E-state index in [0.717, 1.165) is 12.0 Å². The van der Waals surface area contributed by atoms with Crippen LogP contribution in [0.15, 0.2) is 47.4 Å². The van der Waals surface area contributed by atoms with Gasteiger partial charge in [0.05, 0.1) is 10.6 Å². The summed E-state index contributed by atoms with van der Waals surface area (Å²) < 4.78 is 27.4. The van der Waals surface area contributed by atoms with E-state index in [0.29, 0.717) is 22.8 Å². The van der Waals surface area contributed by atoms with E-state index in [1.54, 1.807) is 19.1 Å². The monoisotopic (exact) mass is 366 g/mol. The summed E-state index contributed by atoms with van der Waals surface area (Å²) in [6.45, 7) is 4.30. The fourth-order valence-electron chi connectivity index (χ4n) is 2.03. The van der Waals surface area contributed by atoms with Crippen molar-refractivity contribution in [3.05, 3.63) is 58.6 Å². The van der Waals surface area contributed by atoms with Crippen molar-refractivity contribution in [1.82, 2.24) is 5.32 Å². The molecular formula is C17H19ClN2O3S. The second-order valence-corrected chi connectivity index (χ2v) is 7.46. The number of hydrogen-bond donors (Lipinski definition) is 2. The van der Waals surface area contributed by atoms with Crippen LogP contribution < -0.4 is 10.0 Å². The first-order valence-corrected chi connectivity index (χ1v) is 9.37. The molecule has 0 aliphatic rings. The van der Waals surface area contributed by atoms with Crippen molar-refractivity contribution in [3.8, 4) is 0 Å². The maximum absolute atomic E-state index is 12.5. The molecule has 0 spiro atoms. The molecule has 0 atom stereocenters. The summed E-state index contributed by atoms with van der Waals surface area (Å²) in [5, 5.41) is 3.22. The standard InChI is InChI=1S/C17H19ClN2O3S/c1-3-10-19-17(21)13-5-4-12(2)16(11-13)20-24(22,23)15-8-6-14(18)7-9-15/h4-9,11,20H,3,10H2,1-2H3,(H,19,21). The summed E-state index contributed by atoms with van der Waals surface area (Å²) in [6.07, 6.45) is 0.827. The van der Waals surface area contributed by atoms with Gasteiger partial charge in [-0.15, -0.1) is 0 Å². The number of sulfonamides is 1. The highest BCUT2D eigenvalue weighted by atomic mass is 35.5. The van der Waals surface area contributed by atoms with Crippen molar-refractivity contribution in [1.29, 1.82) is 0 Å². The highest BCUT2D eigenvalue weighted by Crippen LogP contribution is 2.22. The van der Waals surface area contributed by atoms with E-state index in [9.17, 15) is 13.2 Å². The van der Waals surface area contributed by atoms with Gasteiger partial charge >= 0.3 is 0 Å². The lowest BCUT2D eigenvalue weighted by Crippen LogP contribution is -2.24. The summed E-state index contributed by atoms with van der Waals surface area (Å²) in [5.41, 5.74) is 1.50. The average molecular weight is 367 g/mol. The molecule has 1 amide bonds. The lowest BCUT2D eigenvalue weighted by atomic mass is 10.1. The Hall–Kier alpha value is -2.05. The normalized spacial score (nSPS) is 11.1. The molecule has 2 aromatic rings. The molecule has 5 nitrogen and oxygen atoms in total. The summed E-state index contributed by atoms with van der Waals surface area (Å²) >= 11 is 5.78. The zero-order valence-electron chi connectivity index (χ0n) is 13.5. The Morgan fingerprint density at radius 3 is 2.42 bits per heavy atom. The first-order chi connectivity index (χ1) is 11.3. The summed E-state index contributed by atoms with van der Waals surface area (Å²) in [6, 6.07) is 10.8. The molecule has 7 heteroatoms. The van der Waals surface area contributed by atoms with Crippen molar-refractivity contribution < 1.29 is 13.2 Å². The number of carbonyl (C=O) groups excluding carboxylic acids is 1. The third-order valence-electron chi connectivity index (χ3n) is 3.40. The van der Waals surface area contributed by atoms with E-state index in [4.69, 9.17) is 11.6 Å². The molecule has 0 fully saturated rings. The molecule has 24 heavy (non-hydrogen) atoms. The Labute approximate surface area is 147 Å². The van der Waals surface area contributed by atoms with Crippen LogP contribution in [0.1, 0.15) is 29.3 Å². The van der Waals surface area contributed by atoms with Crippen LogP contribution >= 0.6 is 11.6 Å². The zero-order valence-corrected chi connectivity index (χ0v) is 15.0. The number of halogens is 1. The second kappa shape index (κ2) is 7.68. The van der Waals surface area contributed by atoms with Crippen molar-refractivity contribution >= 4 is 33.2 Å². The Balaban J connectivity index is 2.28.